The first-order valence-corrected chi connectivity index (χ1v) is 10.2. The van der Waals surface area contributed by atoms with Gasteiger partial charge in [0.1, 0.15) is 0 Å². The maximum atomic E-state index is 12.6. The normalized spacial score (nSPS) is 19.1. The second-order valence-electron chi connectivity index (χ2n) is 8.15. The molecule has 1 aliphatic carbocycles. The maximum Gasteiger partial charge on any atom is 0.274 e. The highest BCUT2D eigenvalue weighted by molar-refractivity contribution is 5.92. The summed E-state index contributed by atoms with van der Waals surface area (Å²) in [5.41, 5.74) is 2.34. The highest BCUT2D eigenvalue weighted by atomic mass is 16.3. The van der Waals surface area contributed by atoms with Gasteiger partial charge in [0.2, 0.25) is 0 Å². The van der Waals surface area contributed by atoms with Gasteiger partial charge in [-0.25, -0.2) is 0 Å². The summed E-state index contributed by atoms with van der Waals surface area (Å²) in [6, 6.07) is 11.4. The van der Waals surface area contributed by atoms with Crippen molar-refractivity contribution in [3.8, 4) is 11.3 Å². The van der Waals surface area contributed by atoms with Gasteiger partial charge in [0.05, 0.1) is 11.3 Å². The minimum Gasteiger partial charge on any atom is -0.385 e. The van der Waals surface area contributed by atoms with Crippen LogP contribution < -0.4 is 5.32 Å². The highest BCUT2D eigenvalue weighted by Gasteiger charge is 2.35. The molecule has 2 aliphatic rings. The molecule has 1 amide bonds. The minimum atomic E-state index is -0.653. The molecule has 1 aromatic heterocycles. The minimum absolute atomic E-state index is 0.0832. The predicted octanol–water partition coefficient (Wildman–Crippen LogP) is 2.59. The summed E-state index contributed by atoms with van der Waals surface area (Å²) < 4.78 is 0. The fourth-order valence-corrected chi connectivity index (χ4v) is 4.08. The number of amides is 1. The van der Waals surface area contributed by atoms with Gasteiger partial charge >= 0.3 is 0 Å². The third-order valence-corrected chi connectivity index (χ3v) is 6.12. The first-order chi connectivity index (χ1) is 13.5. The largest absolute Gasteiger partial charge is 0.385 e. The van der Waals surface area contributed by atoms with Gasteiger partial charge in [-0.15, -0.1) is 10.2 Å². The van der Waals surface area contributed by atoms with Crippen LogP contribution in [0.25, 0.3) is 11.3 Å². The molecule has 148 valence electrons. The van der Waals surface area contributed by atoms with Crippen LogP contribution in [-0.2, 0) is 5.60 Å². The van der Waals surface area contributed by atoms with E-state index in [9.17, 15) is 9.90 Å². The number of carbonyl (C=O) groups excluding carboxylic acids is 1. The lowest BCUT2D eigenvalue weighted by molar-refractivity contribution is -0.0387. The Hall–Kier alpha value is -2.31. The lowest BCUT2D eigenvalue weighted by Gasteiger charge is -2.37. The van der Waals surface area contributed by atoms with E-state index in [1.807, 2.05) is 37.4 Å². The zero-order chi connectivity index (χ0) is 19.6. The second kappa shape index (κ2) is 7.97. The Bertz CT molecular complexity index is 809. The average molecular weight is 380 g/mol. The lowest BCUT2D eigenvalue weighted by Crippen LogP contribution is -2.37. The van der Waals surface area contributed by atoms with Crippen LogP contribution in [0.2, 0.25) is 0 Å². The second-order valence-corrected chi connectivity index (χ2v) is 8.15. The Balaban J connectivity index is 1.40. The molecule has 1 saturated heterocycles. The van der Waals surface area contributed by atoms with Crippen molar-refractivity contribution in [1.82, 2.24) is 20.4 Å². The van der Waals surface area contributed by atoms with E-state index in [0.29, 0.717) is 11.6 Å². The van der Waals surface area contributed by atoms with E-state index in [1.165, 1.54) is 0 Å². The molecule has 0 bridgehead atoms. The van der Waals surface area contributed by atoms with Gasteiger partial charge in [0.25, 0.3) is 5.91 Å². The summed E-state index contributed by atoms with van der Waals surface area (Å²) in [5, 5.41) is 22.2. The fraction of sp³-hybridized carbons (Fsp3) is 0.500. The Morgan fingerprint density at radius 1 is 1.14 bits per heavy atom. The summed E-state index contributed by atoms with van der Waals surface area (Å²) in [4.78, 5) is 14.4. The van der Waals surface area contributed by atoms with E-state index in [-0.39, 0.29) is 5.91 Å². The molecule has 2 fully saturated rings. The Kier molecular flexibility index (Phi) is 5.42. The van der Waals surface area contributed by atoms with Gasteiger partial charge in [-0.2, -0.15) is 0 Å². The zero-order valence-electron chi connectivity index (χ0n) is 16.4. The van der Waals surface area contributed by atoms with E-state index in [0.717, 1.165) is 68.6 Å². The zero-order valence-corrected chi connectivity index (χ0v) is 16.4. The van der Waals surface area contributed by atoms with Crippen molar-refractivity contribution in [2.45, 2.75) is 37.7 Å². The van der Waals surface area contributed by atoms with Crippen LogP contribution in [0.3, 0.4) is 0 Å². The summed E-state index contributed by atoms with van der Waals surface area (Å²) in [6.45, 7) is 2.81. The summed E-state index contributed by atoms with van der Waals surface area (Å²) in [7, 11) is 1.84. The van der Waals surface area contributed by atoms with Gasteiger partial charge in [-0.1, -0.05) is 24.3 Å². The number of hydrogen-bond acceptors (Lipinski definition) is 5. The standard InChI is InChI=1S/C22H28N4O2/c1-26(15-16-9-13-23-14-10-16)21(27)20-8-7-19(24-25-20)17-3-5-18(6-4-17)22(28)11-2-12-22/h3-8,16,23,28H,2,9-15H2,1H3. The highest BCUT2D eigenvalue weighted by Crippen LogP contribution is 2.41. The molecule has 0 radical (unpaired) electrons. The summed E-state index contributed by atoms with van der Waals surface area (Å²) in [5.74, 6) is 0.464. The molecule has 1 aliphatic heterocycles. The third-order valence-electron chi connectivity index (χ3n) is 6.12. The van der Waals surface area contributed by atoms with Crippen molar-refractivity contribution in [1.29, 1.82) is 0 Å². The van der Waals surface area contributed by atoms with Crippen LogP contribution in [0.4, 0.5) is 0 Å². The molecular formula is C22H28N4O2. The van der Waals surface area contributed by atoms with Crippen molar-refractivity contribution in [3.63, 3.8) is 0 Å². The summed E-state index contributed by atoms with van der Waals surface area (Å²) >= 11 is 0. The monoisotopic (exact) mass is 380 g/mol. The van der Waals surface area contributed by atoms with E-state index >= 15 is 0 Å². The van der Waals surface area contributed by atoms with Crippen LogP contribution in [0.15, 0.2) is 36.4 Å². The van der Waals surface area contributed by atoms with Crippen molar-refractivity contribution in [3.05, 3.63) is 47.7 Å². The van der Waals surface area contributed by atoms with Crippen LogP contribution in [0.1, 0.15) is 48.2 Å². The molecule has 4 rings (SSSR count). The molecule has 2 heterocycles. The van der Waals surface area contributed by atoms with E-state index in [4.69, 9.17) is 0 Å². The first-order valence-electron chi connectivity index (χ1n) is 10.2. The van der Waals surface area contributed by atoms with Crippen LogP contribution in [0, 0.1) is 5.92 Å². The molecule has 6 heteroatoms. The van der Waals surface area contributed by atoms with Crippen LogP contribution >= 0.6 is 0 Å². The van der Waals surface area contributed by atoms with Crippen LogP contribution in [0.5, 0.6) is 0 Å². The number of carbonyl (C=O) groups is 1. The number of piperidine rings is 1. The third kappa shape index (κ3) is 3.93. The molecule has 2 aromatic rings. The first kappa shape index (κ1) is 19.0. The molecule has 28 heavy (non-hydrogen) atoms. The Morgan fingerprint density at radius 2 is 1.86 bits per heavy atom. The average Bonchev–Trinajstić information content (AvgIpc) is 2.72. The van der Waals surface area contributed by atoms with Crippen molar-refractivity contribution >= 4 is 5.91 Å². The molecule has 1 aromatic carbocycles. The number of rotatable bonds is 5. The number of nitrogens with one attached hydrogen (secondary N) is 1. The fourth-order valence-electron chi connectivity index (χ4n) is 4.08. The number of aliphatic hydroxyl groups is 1. The van der Waals surface area contributed by atoms with E-state index in [1.54, 1.807) is 11.0 Å². The summed E-state index contributed by atoms with van der Waals surface area (Å²) in [6.07, 6.45) is 4.94. The number of aromatic nitrogens is 2. The quantitative estimate of drug-likeness (QED) is 0.834. The molecule has 6 nitrogen and oxygen atoms in total. The number of benzene rings is 1. The van der Waals surface area contributed by atoms with Gasteiger partial charge in [0, 0.05) is 19.2 Å². The van der Waals surface area contributed by atoms with Crippen LogP contribution in [-0.4, -0.2) is 52.8 Å². The smallest absolute Gasteiger partial charge is 0.274 e. The van der Waals surface area contributed by atoms with E-state index < -0.39 is 5.60 Å². The number of hydrogen-bond donors (Lipinski definition) is 2. The Labute approximate surface area is 166 Å². The SMILES string of the molecule is CN(CC1CCNCC1)C(=O)c1ccc(-c2ccc(C3(O)CCC3)cc2)nn1. The van der Waals surface area contributed by atoms with Gasteiger partial charge < -0.3 is 15.3 Å². The Morgan fingerprint density at radius 3 is 2.43 bits per heavy atom. The molecule has 0 spiro atoms. The number of nitrogens with zero attached hydrogens (tertiary/aromatic N) is 3. The lowest BCUT2D eigenvalue weighted by atomic mass is 9.75. The predicted molar refractivity (Wildman–Crippen MR) is 108 cm³/mol. The van der Waals surface area contributed by atoms with Crippen molar-refractivity contribution in [2.24, 2.45) is 5.92 Å². The molecule has 0 atom stereocenters. The maximum absolute atomic E-state index is 12.6. The van der Waals surface area contributed by atoms with Crippen molar-refractivity contribution < 1.29 is 9.90 Å². The van der Waals surface area contributed by atoms with Gasteiger partial charge in [0.15, 0.2) is 5.69 Å². The molecular weight excluding hydrogens is 352 g/mol. The van der Waals surface area contributed by atoms with Gasteiger partial charge in [-0.05, 0) is 68.8 Å². The molecule has 0 unspecified atom stereocenters. The van der Waals surface area contributed by atoms with E-state index in [2.05, 4.69) is 15.5 Å². The van der Waals surface area contributed by atoms with Crippen molar-refractivity contribution in [2.75, 3.05) is 26.7 Å². The topological polar surface area (TPSA) is 78.4 Å². The molecule has 2 N–H and O–H groups in total. The van der Waals surface area contributed by atoms with Gasteiger partial charge in [-0.3, -0.25) is 4.79 Å². The molecule has 1 saturated carbocycles.